The van der Waals surface area contributed by atoms with Gasteiger partial charge >= 0.3 is 0 Å². The summed E-state index contributed by atoms with van der Waals surface area (Å²) < 4.78 is 0. The van der Waals surface area contributed by atoms with Crippen LogP contribution in [0.25, 0.3) is 10.9 Å². The van der Waals surface area contributed by atoms with E-state index in [0.29, 0.717) is 5.56 Å². The van der Waals surface area contributed by atoms with Crippen LogP contribution in [0.15, 0.2) is 47.2 Å². The normalized spacial score (nSPS) is 12.1. The number of hydrogen-bond acceptors (Lipinski definition) is 5. The summed E-state index contributed by atoms with van der Waals surface area (Å²) in [7, 11) is 3.78. The molecule has 2 N–H and O–H groups in total. The second-order valence-electron chi connectivity index (χ2n) is 5.70. The number of nitrogens with one attached hydrogen (secondary N) is 1. The van der Waals surface area contributed by atoms with Gasteiger partial charge < -0.3 is 15.3 Å². The highest BCUT2D eigenvalue weighted by atomic mass is 32.1. The lowest BCUT2D eigenvalue weighted by Crippen LogP contribution is -2.31. The number of carbonyl (C=O) groups is 1. The number of thiophene rings is 1. The predicted octanol–water partition coefficient (Wildman–Crippen LogP) is 2.83. The van der Waals surface area contributed by atoms with Gasteiger partial charge in [-0.15, -0.1) is 0 Å². The van der Waals surface area contributed by atoms with Crippen LogP contribution >= 0.6 is 11.3 Å². The van der Waals surface area contributed by atoms with Crippen LogP contribution in [0.3, 0.4) is 0 Å². The summed E-state index contributed by atoms with van der Waals surface area (Å²) >= 11 is 1.54. The maximum atomic E-state index is 12.8. The lowest BCUT2D eigenvalue weighted by Gasteiger charge is -2.18. The van der Waals surface area contributed by atoms with E-state index >= 15 is 0 Å². The van der Waals surface area contributed by atoms with Crippen molar-refractivity contribution >= 4 is 34.0 Å². The highest BCUT2D eigenvalue weighted by Crippen LogP contribution is 2.23. The molecule has 3 rings (SSSR count). The summed E-state index contributed by atoms with van der Waals surface area (Å²) in [6, 6.07) is 10.8. The molecule has 0 spiro atoms. The summed E-state index contributed by atoms with van der Waals surface area (Å²) in [4.78, 5) is 19.3. The van der Waals surface area contributed by atoms with Crippen molar-refractivity contribution in [1.29, 1.82) is 0 Å². The molecule has 0 radical (unpaired) electrons. The molecular weight excluding hydrogens is 322 g/mol. The Bertz CT molecular complexity index is 847. The number of aliphatic hydroxyl groups excluding tert-OH is 1. The molecule has 0 saturated heterocycles. The first-order chi connectivity index (χ1) is 11.6. The van der Waals surface area contributed by atoms with Gasteiger partial charge in [0.05, 0.1) is 23.7 Å². The van der Waals surface area contributed by atoms with Gasteiger partial charge in [-0.2, -0.15) is 11.3 Å². The first-order valence-electron chi connectivity index (χ1n) is 7.61. The fourth-order valence-electron chi connectivity index (χ4n) is 2.52. The average Bonchev–Trinajstić information content (AvgIpc) is 3.12. The monoisotopic (exact) mass is 341 g/mol. The molecule has 0 aliphatic heterocycles. The molecule has 1 unspecified atom stereocenters. The van der Waals surface area contributed by atoms with Gasteiger partial charge in [0, 0.05) is 19.5 Å². The van der Waals surface area contributed by atoms with Crippen LogP contribution in [-0.2, 0) is 0 Å². The second-order valence-corrected chi connectivity index (χ2v) is 6.48. The molecule has 0 bridgehead atoms. The van der Waals surface area contributed by atoms with Gasteiger partial charge in [-0.3, -0.25) is 4.79 Å². The van der Waals surface area contributed by atoms with Crippen LogP contribution in [0.1, 0.15) is 22.0 Å². The van der Waals surface area contributed by atoms with Gasteiger partial charge in [-0.25, -0.2) is 4.98 Å². The minimum atomic E-state index is -0.418. The standard InChI is InChI=1S/C18H19N3O2S/c1-21(2)17-9-14(13-5-3-4-6-15(13)19-17)18(23)20-16(10-22)12-7-8-24-11-12/h3-9,11,16,22H,10H2,1-2H3,(H,20,23). The van der Waals surface area contributed by atoms with Gasteiger partial charge in [0.2, 0.25) is 0 Å². The number of fused-ring (bicyclic) bond motifs is 1. The lowest BCUT2D eigenvalue weighted by molar-refractivity contribution is 0.0918. The molecule has 0 fully saturated rings. The highest BCUT2D eigenvalue weighted by molar-refractivity contribution is 7.08. The van der Waals surface area contributed by atoms with Crippen molar-refractivity contribution in [3.8, 4) is 0 Å². The van der Waals surface area contributed by atoms with Crippen molar-refractivity contribution < 1.29 is 9.90 Å². The molecule has 2 aromatic heterocycles. The zero-order valence-corrected chi connectivity index (χ0v) is 14.4. The number of anilines is 1. The van der Waals surface area contributed by atoms with Crippen molar-refractivity contribution in [3.05, 3.63) is 58.3 Å². The van der Waals surface area contributed by atoms with Gasteiger partial charge in [0.15, 0.2) is 0 Å². The van der Waals surface area contributed by atoms with Gasteiger partial charge in [-0.05, 0) is 34.5 Å². The highest BCUT2D eigenvalue weighted by Gasteiger charge is 2.18. The molecule has 5 nitrogen and oxygen atoms in total. The topological polar surface area (TPSA) is 65.5 Å². The van der Waals surface area contributed by atoms with Crippen molar-refractivity contribution in [3.63, 3.8) is 0 Å². The van der Waals surface area contributed by atoms with Crippen LogP contribution in [0.4, 0.5) is 5.82 Å². The van der Waals surface area contributed by atoms with Crippen molar-refractivity contribution in [2.24, 2.45) is 0 Å². The summed E-state index contributed by atoms with van der Waals surface area (Å²) in [5.41, 5.74) is 2.23. The minimum Gasteiger partial charge on any atom is -0.394 e. The molecule has 1 amide bonds. The molecule has 0 saturated carbocycles. The number of aromatic nitrogens is 1. The summed E-state index contributed by atoms with van der Waals surface area (Å²) in [5, 5.41) is 17.2. The molecule has 1 atom stereocenters. The van der Waals surface area contributed by atoms with E-state index in [9.17, 15) is 9.90 Å². The fourth-order valence-corrected chi connectivity index (χ4v) is 3.24. The van der Waals surface area contributed by atoms with E-state index in [1.807, 2.05) is 60.1 Å². The second kappa shape index (κ2) is 6.98. The van der Waals surface area contributed by atoms with Gasteiger partial charge in [-0.1, -0.05) is 18.2 Å². The number of aliphatic hydroxyl groups is 1. The molecule has 2 heterocycles. The Hall–Kier alpha value is -2.44. The molecule has 0 aliphatic carbocycles. The number of benzene rings is 1. The third kappa shape index (κ3) is 3.25. The van der Waals surface area contributed by atoms with E-state index in [0.717, 1.165) is 22.3 Å². The largest absolute Gasteiger partial charge is 0.394 e. The number of nitrogens with zero attached hydrogens (tertiary/aromatic N) is 2. The van der Waals surface area contributed by atoms with E-state index in [-0.39, 0.29) is 12.5 Å². The molecule has 124 valence electrons. The zero-order chi connectivity index (χ0) is 17.1. The Morgan fingerprint density at radius 1 is 1.33 bits per heavy atom. The Morgan fingerprint density at radius 3 is 2.79 bits per heavy atom. The van der Waals surface area contributed by atoms with E-state index in [4.69, 9.17) is 0 Å². The Labute approximate surface area is 144 Å². The van der Waals surface area contributed by atoms with E-state index in [2.05, 4.69) is 10.3 Å². The predicted molar refractivity (Wildman–Crippen MR) is 97.7 cm³/mol. The van der Waals surface area contributed by atoms with Crippen LogP contribution in [0, 0.1) is 0 Å². The van der Waals surface area contributed by atoms with E-state index < -0.39 is 6.04 Å². The number of amides is 1. The first kappa shape index (κ1) is 16.4. The molecule has 0 aliphatic rings. The minimum absolute atomic E-state index is 0.147. The third-order valence-corrected chi connectivity index (χ3v) is 4.54. The van der Waals surface area contributed by atoms with Crippen LogP contribution in [-0.4, -0.2) is 36.7 Å². The van der Waals surface area contributed by atoms with Crippen LogP contribution in [0.2, 0.25) is 0 Å². The molecule has 3 aromatic rings. The third-order valence-electron chi connectivity index (χ3n) is 3.84. The molecule has 6 heteroatoms. The summed E-state index contributed by atoms with van der Waals surface area (Å²) in [5.74, 6) is 0.497. The average molecular weight is 341 g/mol. The number of rotatable bonds is 5. The summed E-state index contributed by atoms with van der Waals surface area (Å²) in [6.45, 7) is -0.147. The van der Waals surface area contributed by atoms with Crippen LogP contribution in [0.5, 0.6) is 0 Å². The summed E-state index contributed by atoms with van der Waals surface area (Å²) in [6.07, 6.45) is 0. The molecule has 1 aromatic carbocycles. The molecule has 24 heavy (non-hydrogen) atoms. The zero-order valence-electron chi connectivity index (χ0n) is 13.6. The Balaban J connectivity index is 1.99. The van der Waals surface area contributed by atoms with E-state index in [1.165, 1.54) is 11.3 Å². The van der Waals surface area contributed by atoms with E-state index in [1.54, 1.807) is 6.07 Å². The van der Waals surface area contributed by atoms with Crippen molar-refractivity contribution in [2.45, 2.75) is 6.04 Å². The fraction of sp³-hybridized carbons (Fsp3) is 0.222. The number of hydrogen-bond donors (Lipinski definition) is 2. The lowest BCUT2D eigenvalue weighted by atomic mass is 10.1. The number of para-hydroxylation sites is 1. The maximum absolute atomic E-state index is 12.8. The van der Waals surface area contributed by atoms with Gasteiger partial charge in [0.1, 0.15) is 5.82 Å². The van der Waals surface area contributed by atoms with Crippen molar-refractivity contribution in [2.75, 3.05) is 25.6 Å². The van der Waals surface area contributed by atoms with Gasteiger partial charge in [0.25, 0.3) is 5.91 Å². The number of pyridine rings is 1. The first-order valence-corrected chi connectivity index (χ1v) is 8.55. The smallest absolute Gasteiger partial charge is 0.252 e. The quantitative estimate of drug-likeness (QED) is 0.749. The van der Waals surface area contributed by atoms with Crippen molar-refractivity contribution in [1.82, 2.24) is 10.3 Å². The van der Waals surface area contributed by atoms with Crippen LogP contribution < -0.4 is 10.2 Å². The Morgan fingerprint density at radius 2 is 2.12 bits per heavy atom. The molecular formula is C18H19N3O2S. The number of carbonyl (C=O) groups excluding carboxylic acids is 1. The SMILES string of the molecule is CN(C)c1cc(C(=O)NC(CO)c2ccsc2)c2ccccc2n1. The Kier molecular flexibility index (Phi) is 4.78. The maximum Gasteiger partial charge on any atom is 0.252 e.